The smallest absolute Gasteiger partial charge is 0.251 e. The zero-order chi connectivity index (χ0) is 15.7. The average Bonchev–Trinajstić information content (AvgIpc) is 2.83. The van der Waals surface area contributed by atoms with Crippen LogP contribution in [0.1, 0.15) is 6.42 Å². The number of piperazine rings is 1. The van der Waals surface area contributed by atoms with Crippen molar-refractivity contribution in [3.63, 3.8) is 0 Å². The molecule has 2 aliphatic rings. The van der Waals surface area contributed by atoms with Crippen molar-refractivity contribution >= 4 is 35.5 Å². The number of carbonyl (C=O) groups excluding carboxylic acids is 3. The van der Waals surface area contributed by atoms with Crippen molar-refractivity contribution in [3.05, 3.63) is 29.3 Å². The van der Waals surface area contributed by atoms with Crippen molar-refractivity contribution in [2.75, 3.05) is 31.1 Å². The number of benzene rings is 1. The zero-order valence-electron chi connectivity index (χ0n) is 11.9. The fraction of sp³-hybridized carbons (Fsp3) is 0.400. The summed E-state index contributed by atoms with van der Waals surface area (Å²) in [5, 5.41) is 0.560. The number of anilines is 1. The van der Waals surface area contributed by atoms with Gasteiger partial charge in [-0.25, -0.2) is 4.90 Å². The first kappa shape index (κ1) is 15.0. The Balaban J connectivity index is 1.74. The van der Waals surface area contributed by atoms with E-state index in [2.05, 4.69) is 0 Å². The van der Waals surface area contributed by atoms with Crippen molar-refractivity contribution in [1.29, 1.82) is 0 Å². The third kappa shape index (κ3) is 2.71. The van der Waals surface area contributed by atoms with E-state index in [4.69, 9.17) is 11.6 Å². The van der Waals surface area contributed by atoms with E-state index in [-0.39, 0.29) is 18.2 Å². The molecular weight excluding hydrogens is 306 g/mol. The van der Waals surface area contributed by atoms with Gasteiger partial charge in [0.1, 0.15) is 0 Å². The van der Waals surface area contributed by atoms with E-state index in [0.29, 0.717) is 36.9 Å². The predicted octanol–water partition coefficient (Wildman–Crippen LogP) is 0.746. The summed E-state index contributed by atoms with van der Waals surface area (Å²) in [4.78, 5) is 40.4. The van der Waals surface area contributed by atoms with Crippen molar-refractivity contribution in [3.8, 4) is 0 Å². The molecule has 2 fully saturated rings. The predicted molar refractivity (Wildman–Crippen MR) is 81.6 cm³/mol. The summed E-state index contributed by atoms with van der Waals surface area (Å²) in [7, 11) is 0. The third-order valence-electron chi connectivity index (χ3n) is 4.15. The number of rotatable bonds is 3. The molecule has 116 valence electrons. The summed E-state index contributed by atoms with van der Waals surface area (Å²) < 4.78 is 0. The molecule has 2 aliphatic heterocycles. The molecule has 0 saturated carbocycles. The molecule has 0 spiro atoms. The summed E-state index contributed by atoms with van der Waals surface area (Å²) in [5.41, 5.74) is 0.549. The number of hydrogen-bond acceptors (Lipinski definition) is 4. The van der Waals surface area contributed by atoms with E-state index in [9.17, 15) is 14.4 Å². The first-order valence-corrected chi connectivity index (χ1v) is 7.53. The zero-order valence-corrected chi connectivity index (χ0v) is 12.7. The van der Waals surface area contributed by atoms with Gasteiger partial charge in [0.2, 0.25) is 12.3 Å². The van der Waals surface area contributed by atoms with E-state index >= 15 is 0 Å². The van der Waals surface area contributed by atoms with Gasteiger partial charge in [-0.3, -0.25) is 19.3 Å². The van der Waals surface area contributed by atoms with Crippen LogP contribution in [-0.4, -0.2) is 60.2 Å². The second kappa shape index (κ2) is 6.06. The molecule has 1 aromatic carbocycles. The molecule has 0 N–H and O–H groups in total. The van der Waals surface area contributed by atoms with Crippen molar-refractivity contribution in [1.82, 2.24) is 9.80 Å². The van der Waals surface area contributed by atoms with Gasteiger partial charge in [-0.05, 0) is 24.3 Å². The summed E-state index contributed by atoms with van der Waals surface area (Å²) in [6.45, 7) is 2.39. The molecule has 1 unspecified atom stereocenters. The van der Waals surface area contributed by atoms with Crippen molar-refractivity contribution < 1.29 is 14.4 Å². The Hall–Kier alpha value is -1.92. The maximum atomic E-state index is 12.6. The van der Waals surface area contributed by atoms with Gasteiger partial charge >= 0.3 is 0 Å². The highest BCUT2D eigenvalue weighted by molar-refractivity contribution is 6.30. The van der Waals surface area contributed by atoms with Crippen LogP contribution in [0.5, 0.6) is 0 Å². The van der Waals surface area contributed by atoms with Crippen LogP contribution >= 0.6 is 11.6 Å². The second-order valence-corrected chi connectivity index (χ2v) is 5.88. The normalized spacial score (nSPS) is 23.2. The first-order valence-electron chi connectivity index (χ1n) is 7.16. The van der Waals surface area contributed by atoms with E-state index in [0.717, 1.165) is 6.41 Å². The second-order valence-electron chi connectivity index (χ2n) is 5.44. The van der Waals surface area contributed by atoms with Crippen LogP contribution in [0.4, 0.5) is 5.69 Å². The summed E-state index contributed by atoms with van der Waals surface area (Å²) in [6, 6.07) is 6.23. The molecule has 0 bridgehead atoms. The van der Waals surface area contributed by atoms with Crippen LogP contribution in [0.3, 0.4) is 0 Å². The van der Waals surface area contributed by atoms with E-state index < -0.39 is 6.04 Å². The van der Waals surface area contributed by atoms with Crippen molar-refractivity contribution in [2.24, 2.45) is 0 Å². The molecule has 7 heteroatoms. The van der Waals surface area contributed by atoms with Crippen LogP contribution in [0.15, 0.2) is 24.3 Å². The molecular formula is C15H16ClN3O3. The molecule has 3 amide bonds. The fourth-order valence-corrected chi connectivity index (χ4v) is 3.04. The molecule has 22 heavy (non-hydrogen) atoms. The molecule has 1 atom stereocenters. The topological polar surface area (TPSA) is 60.9 Å². The van der Waals surface area contributed by atoms with Gasteiger partial charge in [-0.1, -0.05) is 11.6 Å². The van der Waals surface area contributed by atoms with Gasteiger partial charge in [0, 0.05) is 31.2 Å². The Bertz CT molecular complexity index is 597. The fourth-order valence-electron chi connectivity index (χ4n) is 2.92. The van der Waals surface area contributed by atoms with Crippen molar-refractivity contribution in [2.45, 2.75) is 12.5 Å². The SMILES string of the molecule is O=CN1CCN(C2CC(=O)N(c3ccc(Cl)cc3)C2=O)CC1. The number of nitrogens with zero attached hydrogens (tertiary/aromatic N) is 3. The number of halogens is 1. The summed E-state index contributed by atoms with van der Waals surface area (Å²) >= 11 is 5.84. The van der Waals surface area contributed by atoms with Gasteiger partial charge in [-0.2, -0.15) is 0 Å². The Morgan fingerprint density at radius 2 is 1.68 bits per heavy atom. The lowest BCUT2D eigenvalue weighted by Crippen LogP contribution is -2.52. The van der Waals surface area contributed by atoms with Gasteiger partial charge in [0.25, 0.3) is 5.91 Å². The highest BCUT2D eigenvalue weighted by atomic mass is 35.5. The highest BCUT2D eigenvalue weighted by Crippen LogP contribution is 2.27. The highest BCUT2D eigenvalue weighted by Gasteiger charge is 2.43. The maximum Gasteiger partial charge on any atom is 0.251 e. The summed E-state index contributed by atoms with van der Waals surface area (Å²) in [6.07, 6.45) is 1.00. The Morgan fingerprint density at radius 1 is 1.05 bits per heavy atom. The van der Waals surface area contributed by atoms with Gasteiger partial charge in [0.15, 0.2) is 0 Å². The largest absolute Gasteiger partial charge is 0.343 e. The molecule has 0 radical (unpaired) electrons. The lowest BCUT2D eigenvalue weighted by Gasteiger charge is -2.35. The van der Waals surface area contributed by atoms with Crippen LogP contribution in [0, 0.1) is 0 Å². The molecule has 0 aliphatic carbocycles. The van der Waals surface area contributed by atoms with E-state index in [1.807, 2.05) is 4.90 Å². The molecule has 3 rings (SSSR count). The van der Waals surface area contributed by atoms with Gasteiger partial charge in [0.05, 0.1) is 18.2 Å². The average molecular weight is 322 g/mol. The van der Waals surface area contributed by atoms with Crippen LogP contribution in [0.25, 0.3) is 0 Å². The minimum absolute atomic E-state index is 0.183. The molecule has 2 heterocycles. The number of carbonyl (C=O) groups is 3. The van der Waals surface area contributed by atoms with Crippen LogP contribution in [0.2, 0.25) is 5.02 Å². The Morgan fingerprint density at radius 3 is 2.27 bits per heavy atom. The monoisotopic (exact) mass is 321 g/mol. The third-order valence-corrected chi connectivity index (χ3v) is 4.40. The number of amides is 3. The van der Waals surface area contributed by atoms with Gasteiger partial charge < -0.3 is 4.90 Å². The minimum Gasteiger partial charge on any atom is -0.343 e. The van der Waals surface area contributed by atoms with Gasteiger partial charge in [-0.15, -0.1) is 0 Å². The number of imide groups is 1. The standard InChI is InChI=1S/C15H16ClN3O3/c16-11-1-3-12(4-2-11)19-14(21)9-13(15(19)22)18-7-5-17(10-20)6-8-18/h1-4,10,13H,5-9H2. The number of hydrogen-bond donors (Lipinski definition) is 0. The maximum absolute atomic E-state index is 12.6. The molecule has 2 saturated heterocycles. The quantitative estimate of drug-likeness (QED) is 0.609. The van der Waals surface area contributed by atoms with E-state index in [1.165, 1.54) is 4.90 Å². The lowest BCUT2D eigenvalue weighted by atomic mass is 10.2. The first-order chi connectivity index (χ1) is 10.6. The minimum atomic E-state index is -0.433. The molecule has 1 aromatic rings. The van der Waals surface area contributed by atoms with Crippen LogP contribution in [-0.2, 0) is 14.4 Å². The molecule has 6 nitrogen and oxygen atoms in total. The van der Waals surface area contributed by atoms with E-state index in [1.54, 1.807) is 29.2 Å². The molecule has 0 aromatic heterocycles. The summed E-state index contributed by atoms with van der Waals surface area (Å²) in [5.74, 6) is -0.401. The lowest BCUT2D eigenvalue weighted by molar-refractivity contribution is -0.124. The Labute approximate surface area is 133 Å². The Kier molecular flexibility index (Phi) is 4.13. The van der Waals surface area contributed by atoms with Crippen LogP contribution < -0.4 is 4.90 Å².